The van der Waals surface area contributed by atoms with E-state index < -0.39 is 0 Å². The third-order valence-electron chi connectivity index (χ3n) is 4.29. The standard InChI is InChI=1S/C16H17N7O2S/c1-25-14-9-11(23-10-18-20-21-23)4-5-12(14)19-16(24)22-7-2-3-13(22)15-17-6-8-26-15/h4-6,8-10,13H,2-3,7H2,1H3,(H,19,24). The van der Waals surface area contributed by atoms with Gasteiger partial charge in [-0.3, -0.25) is 0 Å². The van der Waals surface area contributed by atoms with E-state index in [1.807, 2.05) is 16.3 Å². The maximum atomic E-state index is 12.8. The Kier molecular flexibility index (Phi) is 4.48. The fourth-order valence-corrected chi connectivity index (χ4v) is 3.84. The number of carbonyl (C=O) groups excluding carboxylic acids is 1. The van der Waals surface area contributed by atoms with Gasteiger partial charge in [0.15, 0.2) is 0 Å². The van der Waals surface area contributed by atoms with Crippen molar-refractivity contribution in [1.29, 1.82) is 0 Å². The van der Waals surface area contributed by atoms with Gasteiger partial charge in [-0.2, -0.15) is 0 Å². The maximum Gasteiger partial charge on any atom is 0.322 e. The summed E-state index contributed by atoms with van der Waals surface area (Å²) in [5.74, 6) is 0.538. The van der Waals surface area contributed by atoms with Crippen LogP contribution in [-0.4, -0.2) is 49.8 Å². The molecule has 26 heavy (non-hydrogen) atoms. The first-order valence-electron chi connectivity index (χ1n) is 8.14. The molecular weight excluding hydrogens is 354 g/mol. The topological polar surface area (TPSA) is 98.1 Å². The summed E-state index contributed by atoms with van der Waals surface area (Å²) in [6.45, 7) is 0.709. The minimum absolute atomic E-state index is 0.0292. The van der Waals surface area contributed by atoms with E-state index in [2.05, 4.69) is 25.8 Å². The van der Waals surface area contributed by atoms with Crippen LogP contribution < -0.4 is 10.1 Å². The van der Waals surface area contributed by atoms with Gasteiger partial charge in [-0.15, -0.1) is 16.4 Å². The summed E-state index contributed by atoms with van der Waals surface area (Å²) in [7, 11) is 1.56. The quantitative estimate of drug-likeness (QED) is 0.757. The number of nitrogens with one attached hydrogen (secondary N) is 1. The first-order chi connectivity index (χ1) is 12.8. The minimum atomic E-state index is -0.156. The Balaban J connectivity index is 1.54. The molecule has 1 saturated heterocycles. The monoisotopic (exact) mass is 371 g/mol. The molecule has 0 saturated carbocycles. The molecule has 1 aliphatic rings. The summed E-state index contributed by atoms with van der Waals surface area (Å²) < 4.78 is 6.94. The van der Waals surface area contributed by atoms with Gasteiger partial charge in [0.25, 0.3) is 0 Å². The second kappa shape index (κ2) is 7.08. The van der Waals surface area contributed by atoms with E-state index in [9.17, 15) is 4.79 Å². The van der Waals surface area contributed by atoms with Gasteiger partial charge in [-0.1, -0.05) is 0 Å². The summed E-state index contributed by atoms with van der Waals surface area (Å²) >= 11 is 1.58. The number of hydrogen-bond acceptors (Lipinski definition) is 7. The Bertz CT molecular complexity index is 882. The Morgan fingerprint density at radius 1 is 1.42 bits per heavy atom. The highest BCUT2D eigenvalue weighted by Gasteiger charge is 2.32. The Morgan fingerprint density at radius 3 is 3.08 bits per heavy atom. The normalized spacial score (nSPS) is 16.7. The van der Waals surface area contributed by atoms with Crippen molar-refractivity contribution in [2.75, 3.05) is 19.0 Å². The van der Waals surface area contributed by atoms with Crippen LogP contribution in [0.5, 0.6) is 5.75 Å². The number of hydrogen-bond donors (Lipinski definition) is 1. The molecule has 134 valence electrons. The summed E-state index contributed by atoms with van der Waals surface area (Å²) in [4.78, 5) is 19.0. The third-order valence-corrected chi connectivity index (χ3v) is 5.17. The molecule has 3 aromatic rings. The summed E-state index contributed by atoms with van der Waals surface area (Å²) in [5.41, 5.74) is 1.34. The van der Waals surface area contributed by atoms with Gasteiger partial charge in [-0.25, -0.2) is 14.5 Å². The van der Waals surface area contributed by atoms with E-state index in [4.69, 9.17) is 4.74 Å². The lowest BCUT2D eigenvalue weighted by Gasteiger charge is -2.24. The molecule has 0 radical (unpaired) electrons. The molecule has 1 aliphatic heterocycles. The lowest BCUT2D eigenvalue weighted by Crippen LogP contribution is -2.34. The largest absolute Gasteiger partial charge is 0.494 e. The van der Waals surface area contributed by atoms with Gasteiger partial charge < -0.3 is 15.0 Å². The van der Waals surface area contributed by atoms with Gasteiger partial charge >= 0.3 is 6.03 Å². The number of anilines is 1. The van der Waals surface area contributed by atoms with Crippen LogP contribution >= 0.6 is 11.3 Å². The van der Waals surface area contributed by atoms with Crippen molar-refractivity contribution in [3.63, 3.8) is 0 Å². The molecule has 0 aliphatic carbocycles. The van der Waals surface area contributed by atoms with Crippen molar-refractivity contribution in [3.05, 3.63) is 41.1 Å². The van der Waals surface area contributed by atoms with Crippen LogP contribution in [0.15, 0.2) is 36.1 Å². The molecule has 1 atom stereocenters. The number of benzene rings is 1. The number of aromatic nitrogens is 5. The molecule has 0 spiro atoms. The fourth-order valence-electron chi connectivity index (χ4n) is 3.06. The highest BCUT2D eigenvalue weighted by Crippen LogP contribution is 2.34. The summed E-state index contributed by atoms with van der Waals surface area (Å²) in [5, 5.41) is 16.9. The molecule has 9 nitrogen and oxygen atoms in total. The third kappa shape index (κ3) is 3.10. The average Bonchev–Trinajstić information content (AvgIpc) is 3.43. The number of amides is 2. The molecule has 2 aromatic heterocycles. The van der Waals surface area contributed by atoms with Crippen LogP contribution in [0, 0.1) is 0 Å². The van der Waals surface area contributed by atoms with E-state index in [1.165, 1.54) is 11.0 Å². The molecule has 1 fully saturated rings. The van der Waals surface area contributed by atoms with Crippen LogP contribution in [0.25, 0.3) is 5.69 Å². The van der Waals surface area contributed by atoms with Crippen molar-refractivity contribution >= 4 is 23.1 Å². The van der Waals surface area contributed by atoms with Gasteiger partial charge in [0.1, 0.15) is 17.1 Å². The van der Waals surface area contributed by atoms with Crippen molar-refractivity contribution in [2.24, 2.45) is 0 Å². The molecule has 1 unspecified atom stereocenters. The van der Waals surface area contributed by atoms with E-state index >= 15 is 0 Å². The number of ether oxygens (including phenoxy) is 1. The lowest BCUT2D eigenvalue weighted by atomic mass is 10.2. The first-order valence-corrected chi connectivity index (χ1v) is 9.02. The fraction of sp³-hybridized carbons (Fsp3) is 0.312. The van der Waals surface area contributed by atoms with Crippen LogP contribution in [0.4, 0.5) is 10.5 Å². The molecule has 1 N–H and O–H groups in total. The average molecular weight is 371 g/mol. The molecule has 1 aromatic carbocycles. The van der Waals surface area contributed by atoms with Crippen molar-refractivity contribution in [1.82, 2.24) is 30.1 Å². The minimum Gasteiger partial charge on any atom is -0.494 e. The molecule has 3 heterocycles. The maximum absolute atomic E-state index is 12.8. The first kappa shape index (κ1) is 16.5. The van der Waals surface area contributed by atoms with Gasteiger partial charge in [0, 0.05) is 24.2 Å². The number of methoxy groups -OCH3 is 1. The second-order valence-corrected chi connectivity index (χ2v) is 6.72. The zero-order valence-corrected chi connectivity index (χ0v) is 14.9. The molecule has 4 rings (SSSR count). The van der Waals surface area contributed by atoms with Gasteiger partial charge in [0.05, 0.1) is 24.5 Å². The Labute approximate surface area is 153 Å². The zero-order valence-electron chi connectivity index (χ0n) is 14.1. The van der Waals surface area contributed by atoms with E-state index in [-0.39, 0.29) is 12.1 Å². The second-order valence-electron chi connectivity index (χ2n) is 5.79. The number of thiazole rings is 1. The number of likely N-dealkylation sites (tertiary alicyclic amines) is 1. The van der Waals surface area contributed by atoms with Crippen LogP contribution in [0.1, 0.15) is 23.9 Å². The predicted octanol–water partition coefficient (Wildman–Crippen LogP) is 2.50. The van der Waals surface area contributed by atoms with Crippen LogP contribution in [0.2, 0.25) is 0 Å². The number of carbonyl (C=O) groups is 1. The SMILES string of the molecule is COc1cc(-n2cnnn2)ccc1NC(=O)N1CCCC1c1nccs1. The number of rotatable bonds is 4. The summed E-state index contributed by atoms with van der Waals surface area (Å²) in [6.07, 6.45) is 5.16. The predicted molar refractivity (Wildman–Crippen MR) is 95.5 cm³/mol. The van der Waals surface area contributed by atoms with E-state index in [1.54, 1.807) is 36.8 Å². The highest BCUT2D eigenvalue weighted by atomic mass is 32.1. The van der Waals surface area contributed by atoms with Crippen LogP contribution in [0.3, 0.4) is 0 Å². The van der Waals surface area contributed by atoms with Gasteiger partial charge in [-0.05, 0) is 35.4 Å². The number of tetrazole rings is 1. The number of nitrogens with zero attached hydrogens (tertiary/aromatic N) is 6. The lowest BCUT2D eigenvalue weighted by molar-refractivity contribution is 0.207. The number of urea groups is 1. The molecule has 10 heteroatoms. The Morgan fingerprint density at radius 2 is 2.35 bits per heavy atom. The molecule has 0 bridgehead atoms. The zero-order chi connectivity index (χ0) is 17.9. The highest BCUT2D eigenvalue weighted by molar-refractivity contribution is 7.09. The van der Waals surface area contributed by atoms with Crippen molar-refractivity contribution < 1.29 is 9.53 Å². The van der Waals surface area contributed by atoms with Gasteiger partial charge in [0.2, 0.25) is 0 Å². The summed E-state index contributed by atoms with van der Waals surface area (Å²) in [6, 6.07) is 5.24. The van der Waals surface area contributed by atoms with Crippen molar-refractivity contribution in [3.8, 4) is 11.4 Å². The van der Waals surface area contributed by atoms with Crippen LogP contribution in [-0.2, 0) is 0 Å². The smallest absolute Gasteiger partial charge is 0.322 e. The van der Waals surface area contributed by atoms with E-state index in [0.29, 0.717) is 18.0 Å². The van der Waals surface area contributed by atoms with Crippen molar-refractivity contribution in [2.45, 2.75) is 18.9 Å². The molecule has 2 amide bonds. The van der Waals surface area contributed by atoms with E-state index in [0.717, 1.165) is 23.5 Å². The molecular formula is C16H17N7O2S. The Hall–Kier alpha value is -3.01.